The standard InChI is InChI=1S/C8H15N3O3/c1-6(12)10-7(8(13)11-14)4-2-3-5-9/h7H,2-5,9H2,1H3,(H,10,12)/t7-/m0/s1. The van der Waals surface area contributed by atoms with Gasteiger partial charge in [0.15, 0.2) is 0 Å². The third-order valence-corrected chi connectivity index (χ3v) is 1.71. The average molecular weight is 201 g/mol. The van der Waals surface area contributed by atoms with Crippen molar-refractivity contribution in [3.8, 4) is 0 Å². The van der Waals surface area contributed by atoms with Gasteiger partial charge in [-0.2, -0.15) is 0 Å². The van der Waals surface area contributed by atoms with Crippen LogP contribution in [0.2, 0.25) is 0 Å². The molecule has 2 amide bonds. The topological polar surface area (TPSA) is 102 Å². The first-order valence-electron chi connectivity index (χ1n) is 4.46. The van der Waals surface area contributed by atoms with Crippen LogP contribution in [0.5, 0.6) is 0 Å². The van der Waals surface area contributed by atoms with Crippen molar-refractivity contribution >= 4 is 11.8 Å². The predicted octanol–water partition coefficient (Wildman–Crippen LogP) is -0.0869. The smallest absolute Gasteiger partial charge is 0.308 e. The molecule has 14 heavy (non-hydrogen) atoms. The zero-order chi connectivity index (χ0) is 11.0. The molecule has 0 aromatic heterocycles. The zero-order valence-electron chi connectivity index (χ0n) is 8.16. The fraction of sp³-hybridized carbons (Fsp3) is 0.750. The van der Waals surface area contributed by atoms with E-state index in [2.05, 4.69) is 10.5 Å². The number of hydrogen-bond acceptors (Lipinski definition) is 4. The molecule has 0 aliphatic heterocycles. The molecule has 0 spiro atoms. The molecule has 0 saturated heterocycles. The van der Waals surface area contributed by atoms with E-state index in [9.17, 15) is 14.5 Å². The Morgan fingerprint density at radius 3 is 2.50 bits per heavy atom. The maximum Gasteiger partial charge on any atom is 0.308 e. The van der Waals surface area contributed by atoms with Crippen LogP contribution in [0.25, 0.3) is 0 Å². The quantitative estimate of drug-likeness (QED) is 0.463. The van der Waals surface area contributed by atoms with Gasteiger partial charge in [0, 0.05) is 12.1 Å². The number of rotatable bonds is 6. The lowest BCUT2D eigenvalue weighted by Crippen LogP contribution is -2.38. The third-order valence-electron chi connectivity index (χ3n) is 1.71. The van der Waals surface area contributed by atoms with Crippen LogP contribution in [0.3, 0.4) is 0 Å². The molecular formula is C8H15N3O3. The Morgan fingerprint density at radius 1 is 1.43 bits per heavy atom. The number of nitrogens with two attached hydrogens (primary N) is 1. The summed E-state index contributed by atoms with van der Waals surface area (Å²) in [5.74, 6) is -1.18. The first-order valence-corrected chi connectivity index (χ1v) is 4.46. The van der Waals surface area contributed by atoms with Crippen LogP contribution in [0.1, 0.15) is 26.2 Å². The van der Waals surface area contributed by atoms with Gasteiger partial charge in [-0.15, -0.1) is 4.91 Å². The van der Waals surface area contributed by atoms with Gasteiger partial charge in [-0.3, -0.25) is 9.59 Å². The molecule has 0 aromatic carbocycles. The van der Waals surface area contributed by atoms with Gasteiger partial charge in [-0.05, 0) is 25.8 Å². The highest BCUT2D eigenvalue weighted by Crippen LogP contribution is 2.02. The largest absolute Gasteiger partial charge is 0.344 e. The molecule has 0 aromatic rings. The highest BCUT2D eigenvalue weighted by Gasteiger charge is 2.19. The van der Waals surface area contributed by atoms with Gasteiger partial charge in [0.25, 0.3) is 0 Å². The summed E-state index contributed by atoms with van der Waals surface area (Å²) < 4.78 is 0. The highest BCUT2D eigenvalue weighted by atomic mass is 16.3. The van der Waals surface area contributed by atoms with Crippen LogP contribution in [-0.2, 0) is 9.59 Å². The summed E-state index contributed by atoms with van der Waals surface area (Å²) in [7, 11) is 0. The number of amides is 2. The van der Waals surface area contributed by atoms with E-state index >= 15 is 0 Å². The van der Waals surface area contributed by atoms with Crippen LogP contribution in [0, 0.1) is 4.91 Å². The molecule has 0 bridgehead atoms. The lowest BCUT2D eigenvalue weighted by Gasteiger charge is -2.11. The number of nitroso groups, excluding NO2 is 1. The molecule has 0 radical (unpaired) electrons. The number of carbonyl (C=O) groups excluding carboxylic acids is 2. The van der Waals surface area contributed by atoms with Gasteiger partial charge in [0.1, 0.15) is 6.04 Å². The minimum atomic E-state index is -0.836. The Balaban J connectivity index is 4.03. The summed E-state index contributed by atoms with van der Waals surface area (Å²) in [5.41, 5.74) is 5.27. The number of nitrogens with one attached hydrogen (secondary N) is 1. The summed E-state index contributed by atoms with van der Waals surface area (Å²) in [5, 5.41) is 4.65. The Hall–Kier alpha value is -1.30. The molecule has 80 valence electrons. The number of nitrogens with zero attached hydrogens (tertiary/aromatic N) is 1. The van der Waals surface area contributed by atoms with Gasteiger partial charge in [-0.25, -0.2) is 0 Å². The molecule has 0 rings (SSSR count). The van der Waals surface area contributed by atoms with Gasteiger partial charge >= 0.3 is 5.91 Å². The minimum Gasteiger partial charge on any atom is -0.344 e. The van der Waals surface area contributed by atoms with Crippen molar-refractivity contribution in [1.82, 2.24) is 5.32 Å². The Morgan fingerprint density at radius 2 is 2.07 bits per heavy atom. The fourth-order valence-corrected chi connectivity index (χ4v) is 1.06. The molecule has 0 heterocycles. The molecule has 0 saturated carbocycles. The average Bonchev–Trinajstić information content (AvgIpc) is 2.15. The third kappa shape index (κ3) is 5.36. The molecule has 0 unspecified atom stereocenters. The van der Waals surface area contributed by atoms with Crippen molar-refractivity contribution in [2.24, 2.45) is 10.9 Å². The Kier molecular flexibility index (Phi) is 6.47. The lowest BCUT2D eigenvalue weighted by molar-refractivity contribution is -0.126. The minimum absolute atomic E-state index is 0.347. The van der Waals surface area contributed by atoms with Gasteiger partial charge in [0.05, 0.1) is 0 Å². The summed E-state index contributed by atoms with van der Waals surface area (Å²) in [6.45, 7) is 1.81. The normalized spacial score (nSPS) is 11.9. The number of unbranched alkanes of at least 4 members (excludes halogenated alkanes) is 1. The second kappa shape index (κ2) is 7.14. The van der Waals surface area contributed by atoms with Crippen LogP contribution < -0.4 is 11.1 Å². The van der Waals surface area contributed by atoms with E-state index in [-0.39, 0.29) is 5.91 Å². The van der Waals surface area contributed by atoms with Crippen molar-refractivity contribution in [2.75, 3.05) is 6.54 Å². The molecule has 1 atom stereocenters. The van der Waals surface area contributed by atoms with Crippen molar-refractivity contribution in [2.45, 2.75) is 32.2 Å². The zero-order valence-corrected chi connectivity index (χ0v) is 8.16. The first-order chi connectivity index (χ1) is 6.61. The summed E-state index contributed by atoms with van der Waals surface area (Å²) in [6.07, 6.45) is 1.84. The summed E-state index contributed by atoms with van der Waals surface area (Å²) >= 11 is 0. The van der Waals surface area contributed by atoms with Crippen molar-refractivity contribution in [1.29, 1.82) is 0 Å². The van der Waals surface area contributed by atoms with Gasteiger partial charge in [0.2, 0.25) is 5.91 Å². The van der Waals surface area contributed by atoms with E-state index in [1.807, 2.05) is 0 Å². The maximum atomic E-state index is 10.9. The highest BCUT2D eigenvalue weighted by molar-refractivity contribution is 5.87. The fourth-order valence-electron chi connectivity index (χ4n) is 1.06. The number of hydrogen-bond donors (Lipinski definition) is 2. The molecule has 3 N–H and O–H groups in total. The molecule has 0 aliphatic rings. The number of carbonyl (C=O) groups is 2. The maximum absolute atomic E-state index is 10.9. The predicted molar refractivity (Wildman–Crippen MR) is 51.3 cm³/mol. The van der Waals surface area contributed by atoms with Crippen LogP contribution in [0.4, 0.5) is 0 Å². The Labute approximate surface area is 82.2 Å². The van der Waals surface area contributed by atoms with E-state index < -0.39 is 11.9 Å². The molecule has 0 aliphatic carbocycles. The van der Waals surface area contributed by atoms with E-state index in [1.165, 1.54) is 6.92 Å². The van der Waals surface area contributed by atoms with E-state index in [0.717, 1.165) is 6.42 Å². The second-order valence-electron chi connectivity index (χ2n) is 2.97. The first kappa shape index (κ1) is 12.7. The van der Waals surface area contributed by atoms with Gasteiger partial charge < -0.3 is 11.1 Å². The molecular weight excluding hydrogens is 186 g/mol. The summed E-state index contributed by atoms with van der Waals surface area (Å²) in [6, 6.07) is -0.795. The monoisotopic (exact) mass is 201 g/mol. The van der Waals surface area contributed by atoms with Crippen molar-refractivity contribution < 1.29 is 9.59 Å². The lowest BCUT2D eigenvalue weighted by atomic mass is 10.1. The molecule has 6 nitrogen and oxygen atoms in total. The molecule has 6 heteroatoms. The van der Waals surface area contributed by atoms with Crippen molar-refractivity contribution in [3.63, 3.8) is 0 Å². The second-order valence-corrected chi connectivity index (χ2v) is 2.97. The van der Waals surface area contributed by atoms with E-state index in [0.29, 0.717) is 19.4 Å². The van der Waals surface area contributed by atoms with Crippen LogP contribution >= 0.6 is 0 Å². The van der Waals surface area contributed by atoms with Crippen molar-refractivity contribution in [3.05, 3.63) is 4.91 Å². The SMILES string of the molecule is CC(=O)N[C@@H](CCCCN)C(=O)N=O. The molecule has 0 fully saturated rings. The van der Waals surface area contributed by atoms with Crippen LogP contribution in [-0.4, -0.2) is 24.4 Å². The van der Waals surface area contributed by atoms with Crippen LogP contribution in [0.15, 0.2) is 5.18 Å². The Bertz CT molecular complexity index is 218. The van der Waals surface area contributed by atoms with E-state index in [1.54, 1.807) is 0 Å². The summed E-state index contributed by atoms with van der Waals surface area (Å²) in [4.78, 5) is 31.6. The van der Waals surface area contributed by atoms with Gasteiger partial charge in [-0.1, -0.05) is 0 Å². The van der Waals surface area contributed by atoms with E-state index in [4.69, 9.17) is 5.73 Å².